The fourth-order valence-electron chi connectivity index (χ4n) is 3.01. The van der Waals surface area contributed by atoms with E-state index in [2.05, 4.69) is 10.6 Å². The zero-order chi connectivity index (χ0) is 18.5. The Morgan fingerprint density at radius 1 is 1.00 bits per heavy atom. The standard InChI is InChI=1S/C21H23ClN2O2/c1-14-4-2-3-5-16(14)13-24-21(26)19-12-18(19)20(25)23-11-10-15-6-8-17(22)9-7-15/h2-9,18-19H,10-13H2,1H3,(H,23,25)(H,24,26). The van der Waals surface area contributed by atoms with E-state index in [1.807, 2.05) is 55.5 Å². The van der Waals surface area contributed by atoms with Crippen LogP contribution in [0.5, 0.6) is 0 Å². The van der Waals surface area contributed by atoms with Crippen molar-refractivity contribution in [1.82, 2.24) is 10.6 Å². The number of hydrogen-bond acceptors (Lipinski definition) is 2. The van der Waals surface area contributed by atoms with E-state index < -0.39 is 0 Å². The molecule has 1 aliphatic rings. The third kappa shape index (κ3) is 4.85. The van der Waals surface area contributed by atoms with Crippen LogP contribution in [-0.4, -0.2) is 18.4 Å². The van der Waals surface area contributed by atoms with E-state index in [4.69, 9.17) is 11.6 Å². The Hall–Kier alpha value is -2.33. The van der Waals surface area contributed by atoms with E-state index in [1.54, 1.807) is 0 Å². The monoisotopic (exact) mass is 370 g/mol. The van der Waals surface area contributed by atoms with Gasteiger partial charge in [0.25, 0.3) is 0 Å². The Morgan fingerprint density at radius 2 is 1.65 bits per heavy atom. The fourth-order valence-corrected chi connectivity index (χ4v) is 3.13. The summed E-state index contributed by atoms with van der Waals surface area (Å²) in [7, 11) is 0. The summed E-state index contributed by atoms with van der Waals surface area (Å²) in [6, 6.07) is 15.6. The molecule has 0 bridgehead atoms. The fraction of sp³-hybridized carbons (Fsp3) is 0.333. The van der Waals surface area contributed by atoms with Crippen LogP contribution in [0.1, 0.15) is 23.1 Å². The minimum absolute atomic E-state index is 0.0324. The molecule has 1 saturated carbocycles. The maximum absolute atomic E-state index is 12.2. The first-order valence-electron chi connectivity index (χ1n) is 8.89. The van der Waals surface area contributed by atoms with Crippen LogP contribution in [-0.2, 0) is 22.6 Å². The maximum atomic E-state index is 12.2. The summed E-state index contributed by atoms with van der Waals surface area (Å²) in [5.41, 5.74) is 3.38. The number of carbonyl (C=O) groups excluding carboxylic acids is 2. The predicted octanol–water partition coefficient (Wildman–Crippen LogP) is 3.26. The average molecular weight is 371 g/mol. The van der Waals surface area contributed by atoms with E-state index in [9.17, 15) is 9.59 Å². The molecule has 0 spiro atoms. The van der Waals surface area contributed by atoms with Crippen molar-refractivity contribution in [2.24, 2.45) is 11.8 Å². The molecule has 0 aromatic heterocycles. The molecular weight excluding hydrogens is 348 g/mol. The molecular formula is C21H23ClN2O2. The van der Waals surface area contributed by atoms with Crippen LogP contribution >= 0.6 is 11.6 Å². The number of carbonyl (C=O) groups is 2. The van der Waals surface area contributed by atoms with Gasteiger partial charge in [0, 0.05) is 18.1 Å². The van der Waals surface area contributed by atoms with Crippen molar-refractivity contribution in [2.75, 3.05) is 6.54 Å². The second-order valence-corrected chi connectivity index (χ2v) is 7.20. The van der Waals surface area contributed by atoms with E-state index in [1.165, 1.54) is 0 Å². The lowest BCUT2D eigenvalue weighted by Gasteiger charge is -2.08. The molecule has 2 N–H and O–H groups in total. The second-order valence-electron chi connectivity index (χ2n) is 6.76. The maximum Gasteiger partial charge on any atom is 0.224 e. The minimum atomic E-state index is -0.199. The van der Waals surface area contributed by atoms with E-state index in [0.717, 1.165) is 23.1 Å². The van der Waals surface area contributed by atoms with Crippen LogP contribution in [0.15, 0.2) is 48.5 Å². The van der Waals surface area contributed by atoms with Crippen LogP contribution in [0.2, 0.25) is 5.02 Å². The van der Waals surface area contributed by atoms with Crippen molar-refractivity contribution < 1.29 is 9.59 Å². The number of halogens is 1. The molecule has 0 saturated heterocycles. The second kappa shape index (κ2) is 8.37. The molecule has 136 valence electrons. The third-order valence-corrected chi connectivity index (χ3v) is 5.06. The first-order chi connectivity index (χ1) is 12.5. The van der Waals surface area contributed by atoms with Crippen LogP contribution in [0.3, 0.4) is 0 Å². The lowest BCUT2D eigenvalue weighted by Crippen LogP contribution is -2.31. The molecule has 1 fully saturated rings. The molecule has 2 aromatic carbocycles. The highest BCUT2D eigenvalue weighted by Gasteiger charge is 2.47. The van der Waals surface area contributed by atoms with Gasteiger partial charge in [0.2, 0.25) is 11.8 Å². The molecule has 0 radical (unpaired) electrons. The van der Waals surface area contributed by atoms with Gasteiger partial charge in [-0.15, -0.1) is 0 Å². The summed E-state index contributed by atoms with van der Waals surface area (Å²) in [4.78, 5) is 24.4. The zero-order valence-corrected chi connectivity index (χ0v) is 15.6. The Kier molecular flexibility index (Phi) is 5.94. The first kappa shape index (κ1) is 18.5. The SMILES string of the molecule is Cc1ccccc1CNC(=O)C1CC1C(=O)NCCc1ccc(Cl)cc1. The van der Waals surface area contributed by atoms with Gasteiger partial charge in [0.15, 0.2) is 0 Å². The number of nitrogens with one attached hydrogen (secondary N) is 2. The Balaban J connectivity index is 1.38. The molecule has 2 aromatic rings. The van der Waals surface area contributed by atoms with Gasteiger partial charge < -0.3 is 10.6 Å². The van der Waals surface area contributed by atoms with Gasteiger partial charge >= 0.3 is 0 Å². The summed E-state index contributed by atoms with van der Waals surface area (Å²) < 4.78 is 0. The summed E-state index contributed by atoms with van der Waals surface area (Å²) in [5.74, 6) is -0.465. The average Bonchev–Trinajstić information content (AvgIpc) is 3.43. The molecule has 26 heavy (non-hydrogen) atoms. The van der Waals surface area contributed by atoms with E-state index >= 15 is 0 Å². The summed E-state index contributed by atoms with van der Waals surface area (Å²) >= 11 is 5.86. The number of aryl methyl sites for hydroxylation is 1. The Labute approximate surface area is 158 Å². The first-order valence-corrected chi connectivity index (χ1v) is 9.27. The van der Waals surface area contributed by atoms with Crippen LogP contribution < -0.4 is 10.6 Å². The molecule has 2 amide bonds. The predicted molar refractivity (Wildman–Crippen MR) is 103 cm³/mol. The topological polar surface area (TPSA) is 58.2 Å². The molecule has 2 atom stereocenters. The quantitative estimate of drug-likeness (QED) is 0.786. The molecule has 3 rings (SSSR count). The largest absolute Gasteiger partial charge is 0.356 e. The number of benzene rings is 2. The van der Waals surface area contributed by atoms with Crippen molar-refractivity contribution in [3.05, 3.63) is 70.2 Å². The summed E-state index contributed by atoms with van der Waals surface area (Å²) in [6.07, 6.45) is 1.38. The minimum Gasteiger partial charge on any atom is -0.356 e. The molecule has 4 nitrogen and oxygen atoms in total. The van der Waals surface area contributed by atoms with E-state index in [-0.39, 0.29) is 23.7 Å². The van der Waals surface area contributed by atoms with Gasteiger partial charge in [-0.25, -0.2) is 0 Å². The number of hydrogen-bond donors (Lipinski definition) is 2. The van der Waals surface area contributed by atoms with Crippen LogP contribution in [0.4, 0.5) is 0 Å². The number of rotatable bonds is 7. The van der Waals surface area contributed by atoms with Crippen molar-refractivity contribution in [1.29, 1.82) is 0 Å². The molecule has 0 aliphatic heterocycles. The summed E-state index contributed by atoms with van der Waals surface area (Å²) in [5, 5.41) is 6.57. The molecule has 2 unspecified atom stereocenters. The zero-order valence-electron chi connectivity index (χ0n) is 14.8. The highest BCUT2D eigenvalue weighted by molar-refractivity contribution is 6.30. The lowest BCUT2D eigenvalue weighted by atomic mass is 10.1. The summed E-state index contributed by atoms with van der Waals surface area (Å²) in [6.45, 7) is 3.09. The van der Waals surface area contributed by atoms with Crippen molar-refractivity contribution in [3.63, 3.8) is 0 Å². The van der Waals surface area contributed by atoms with Crippen LogP contribution in [0.25, 0.3) is 0 Å². The van der Waals surface area contributed by atoms with Crippen LogP contribution in [0, 0.1) is 18.8 Å². The van der Waals surface area contributed by atoms with E-state index in [0.29, 0.717) is 24.5 Å². The number of amides is 2. The Morgan fingerprint density at radius 3 is 2.35 bits per heavy atom. The Bertz CT molecular complexity index is 789. The van der Waals surface area contributed by atoms with Crippen molar-refractivity contribution >= 4 is 23.4 Å². The van der Waals surface area contributed by atoms with Gasteiger partial charge in [-0.3, -0.25) is 9.59 Å². The molecule has 1 aliphatic carbocycles. The van der Waals surface area contributed by atoms with Gasteiger partial charge in [0.05, 0.1) is 11.8 Å². The normalized spacial score (nSPS) is 18.2. The van der Waals surface area contributed by atoms with Gasteiger partial charge in [-0.2, -0.15) is 0 Å². The highest BCUT2D eigenvalue weighted by Crippen LogP contribution is 2.38. The molecule has 5 heteroatoms. The van der Waals surface area contributed by atoms with Gasteiger partial charge in [-0.1, -0.05) is 48.0 Å². The smallest absolute Gasteiger partial charge is 0.224 e. The van der Waals surface area contributed by atoms with Crippen molar-refractivity contribution in [3.8, 4) is 0 Å². The van der Waals surface area contributed by atoms with Gasteiger partial charge in [-0.05, 0) is 48.6 Å². The molecule has 0 heterocycles. The lowest BCUT2D eigenvalue weighted by molar-refractivity contribution is -0.127. The van der Waals surface area contributed by atoms with Crippen molar-refractivity contribution in [2.45, 2.75) is 26.3 Å². The third-order valence-electron chi connectivity index (χ3n) is 4.80. The van der Waals surface area contributed by atoms with Gasteiger partial charge in [0.1, 0.15) is 0 Å². The highest BCUT2D eigenvalue weighted by atomic mass is 35.5.